The second-order valence-electron chi connectivity index (χ2n) is 4.96. The minimum Gasteiger partial charge on any atom is -0.368 e. The summed E-state index contributed by atoms with van der Waals surface area (Å²) in [5.41, 5.74) is 10.2. The lowest BCUT2D eigenvalue weighted by atomic mass is 10.0. The van der Waals surface area contributed by atoms with Crippen molar-refractivity contribution in [3.05, 3.63) is 0 Å². The van der Waals surface area contributed by atoms with Gasteiger partial charge in [-0.25, -0.2) is 0 Å². The molecule has 1 saturated carbocycles. The zero-order chi connectivity index (χ0) is 11.5. The van der Waals surface area contributed by atoms with Crippen molar-refractivity contribution in [1.29, 1.82) is 0 Å². The Morgan fingerprint density at radius 1 is 1.53 bits per heavy atom. The van der Waals surface area contributed by atoms with E-state index in [1.54, 1.807) is 6.92 Å². The van der Waals surface area contributed by atoms with Crippen molar-refractivity contribution in [3.63, 3.8) is 0 Å². The fourth-order valence-electron chi connectivity index (χ4n) is 1.76. The van der Waals surface area contributed by atoms with Gasteiger partial charge in [0.2, 0.25) is 5.91 Å². The largest absolute Gasteiger partial charge is 0.368 e. The van der Waals surface area contributed by atoms with Crippen LogP contribution in [0.3, 0.4) is 0 Å². The van der Waals surface area contributed by atoms with Gasteiger partial charge >= 0.3 is 0 Å². The van der Waals surface area contributed by atoms with Gasteiger partial charge in [-0.05, 0) is 38.6 Å². The highest BCUT2D eigenvalue weighted by Crippen LogP contribution is 2.30. The molecule has 1 atom stereocenters. The Morgan fingerprint density at radius 3 is 2.53 bits per heavy atom. The lowest BCUT2D eigenvalue weighted by molar-refractivity contribution is -0.123. The normalized spacial score (nSPS) is 20.3. The van der Waals surface area contributed by atoms with E-state index in [1.807, 2.05) is 0 Å². The van der Waals surface area contributed by atoms with E-state index in [4.69, 9.17) is 11.5 Å². The van der Waals surface area contributed by atoms with Crippen LogP contribution in [0.5, 0.6) is 0 Å². The zero-order valence-corrected chi connectivity index (χ0v) is 9.83. The van der Waals surface area contributed by atoms with Crippen LogP contribution < -0.4 is 11.5 Å². The maximum absolute atomic E-state index is 11.1. The summed E-state index contributed by atoms with van der Waals surface area (Å²) >= 11 is 0. The smallest absolute Gasteiger partial charge is 0.238 e. The van der Waals surface area contributed by atoms with Gasteiger partial charge in [-0.2, -0.15) is 0 Å². The number of nitrogens with zero attached hydrogens (tertiary/aromatic N) is 1. The third-order valence-corrected chi connectivity index (χ3v) is 2.87. The number of hydrogen-bond donors (Lipinski definition) is 2. The van der Waals surface area contributed by atoms with Crippen LogP contribution in [0.1, 0.15) is 33.1 Å². The minimum absolute atomic E-state index is 0.417. The van der Waals surface area contributed by atoms with Crippen LogP contribution in [0.2, 0.25) is 0 Å². The van der Waals surface area contributed by atoms with Crippen LogP contribution in [-0.4, -0.2) is 36.0 Å². The summed E-state index contributed by atoms with van der Waals surface area (Å²) in [6, 6.07) is 0. The van der Waals surface area contributed by atoms with E-state index in [9.17, 15) is 4.79 Å². The number of amides is 1. The molecule has 0 bridgehead atoms. The van der Waals surface area contributed by atoms with E-state index in [0.29, 0.717) is 6.54 Å². The van der Waals surface area contributed by atoms with Gasteiger partial charge in [0.25, 0.3) is 0 Å². The zero-order valence-electron chi connectivity index (χ0n) is 9.83. The second-order valence-corrected chi connectivity index (χ2v) is 4.96. The quantitative estimate of drug-likeness (QED) is 0.639. The highest BCUT2D eigenvalue weighted by molar-refractivity contribution is 5.84. The van der Waals surface area contributed by atoms with Gasteiger partial charge in [0.15, 0.2) is 0 Å². The predicted molar refractivity (Wildman–Crippen MR) is 61.2 cm³/mol. The molecule has 1 unspecified atom stereocenters. The summed E-state index contributed by atoms with van der Waals surface area (Å²) in [5.74, 6) is 0.402. The van der Waals surface area contributed by atoms with Crippen molar-refractivity contribution < 1.29 is 4.79 Å². The maximum atomic E-state index is 11.1. The summed E-state index contributed by atoms with van der Waals surface area (Å²) in [4.78, 5) is 13.4. The fraction of sp³-hybridized carbons (Fsp3) is 0.909. The molecule has 15 heavy (non-hydrogen) atoms. The average molecular weight is 213 g/mol. The first kappa shape index (κ1) is 12.5. The first-order valence-corrected chi connectivity index (χ1v) is 5.77. The molecule has 4 nitrogen and oxygen atoms in total. The number of rotatable bonds is 7. The topological polar surface area (TPSA) is 72.3 Å². The van der Waals surface area contributed by atoms with E-state index in [0.717, 1.165) is 25.4 Å². The van der Waals surface area contributed by atoms with Gasteiger partial charge in [0.1, 0.15) is 5.54 Å². The van der Waals surface area contributed by atoms with Gasteiger partial charge in [-0.1, -0.05) is 6.92 Å². The fourth-order valence-corrected chi connectivity index (χ4v) is 1.76. The second kappa shape index (κ2) is 4.94. The van der Waals surface area contributed by atoms with E-state index in [1.165, 1.54) is 12.8 Å². The van der Waals surface area contributed by atoms with E-state index in [-0.39, 0.29) is 0 Å². The Labute approximate surface area is 92.0 Å². The first-order valence-electron chi connectivity index (χ1n) is 5.77. The van der Waals surface area contributed by atoms with Crippen molar-refractivity contribution in [2.45, 2.75) is 38.6 Å². The molecule has 0 radical (unpaired) electrons. The maximum Gasteiger partial charge on any atom is 0.238 e. The molecule has 0 aliphatic heterocycles. The molecule has 0 aromatic heterocycles. The summed E-state index contributed by atoms with van der Waals surface area (Å²) in [6.45, 7) is 6.49. The van der Waals surface area contributed by atoms with Crippen LogP contribution >= 0.6 is 0 Å². The van der Waals surface area contributed by atoms with Crippen LogP contribution in [0.25, 0.3) is 0 Å². The monoisotopic (exact) mass is 213 g/mol. The van der Waals surface area contributed by atoms with Gasteiger partial charge in [-0.15, -0.1) is 0 Å². The standard InChI is InChI=1S/C11H23N3O/c1-3-6-14(7-9-4-5-9)8-11(2,13)10(12)15/h9H,3-8,13H2,1-2H3,(H2,12,15). The Morgan fingerprint density at radius 2 is 2.13 bits per heavy atom. The molecule has 4 heteroatoms. The molecule has 1 aliphatic rings. The molecule has 1 amide bonds. The number of carbonyl (C=O) groups excluding carboxylic acids is 1. The molecule has 1 fully saturated rings. The first-order chi connectivity index (χ1) is 6.95. The Hall–Kier alpha value is -0.610. The Bertz CT molecular complexity index is 224. The SMILES string of the molecule is CCCN(CC1CC1)CC(C)(N)C(N)=O. The molecular formula is C11H23N3O. The minimum atomic E-state index is -0.899. The van der Waals surface area contributed by atoms with E-state index < -0.39 is 11.4 Å². The predicted octanol–water partition coefficient (Wildman–Crippen LogP) is 0.311. The summed E-state index contributed by atoms with van der Waals surface area (Å²) in [7, 11) is 0. The van der Waals surface area contributed by atoms with E-state index >= 15 is 0 Å². The summed E-state index contributed by atoms with van der Waals surface area (Å²) < 4.78 is 0. The highest BCUT2D eigenvalue weighted by Gasteiger charge is 2.31. The van der Waals surface area contributed by atoms with Crippen LogP contribution in [0, 0.1) is 5.92 Å². The molecule has 4 N–H and O–H groups in total. The number of hydrogen-bond acceptors (Lipinski definition) is 3. The molecule has 0 spiro atoms. The van der Waals surface area contributed by atoms with Crippen molar-refractivity contribution >= 4 is 5.91 Å². The summed E-state index contributed by atoms with van der Waals surface area (Å²) in [6.07, 6.45) is 3.72. The van der Waals surface area contributed by atoms with Gasteiger partial charge in [-0.3, -0.25) is 4.79 Å². The van der Waals surface area contributed by atoms with Crippen molar-refractivity contribution in [3.8, 4) is 0 Å². The number of primary amides is 1. The molecule has 88 valence electrons. The van der Waals surface area contributed by atoms with Crippen molar-refractivity contribution in [2.75, 3.05) is 19.6 Å². The van der Waals surface area contributed by atoms with Crippen molar-refractivity contribution in [1.82, 2.24) is 4.90 Å². The Balaban J connectivity index is 2.44. The average Bonchev–Trinajstić information content (AvgIpc) is 2.87. The Kier molecular flexibility index (Phi) is 4.11. The van der Waals surface area contributed by atoms with E-state index in [2.05, 4.69) is 11.8 Å². The van der Waals surface area contributed by atoms with Gasteiger partial charge in [0.05, 0.1) is 0 Å². The number of nitrogens with two attached hydrogens (primary N) is 2. The highest BCUT2D eigenvalue weighted by atomic mass is 16.1. The van der Waals surface area contributed by atoms with Gasteiger partial charge < -0.3 is 16.4 Å². The lowest BCUT2D eigenvalue weighted by Crippen LogP contribution is -2.57. The molecule has 0 saturated heterocycles. The third kappa shape index (κ3) is 4.18. The lowest BCUT2D eigenvalue weighted by Gasteiger charge is -2.30. The molecule has 1 aliphatic carbocycles. The van der Waals surface area contributed by atoms with Crippen LogP contribution in [0.4, 0.5) is 0 Å². The van der Waals surface area contributed by atoms with Crippen molar-refractivity contribution in [2.24, 2.45) is 17.4 Å². The van der Waals surface area contributed by atoms with Crippen LogP contribution in [-0.2, 0) is 4.79 Å². The van der Waals surface area contributed by atoms with Crippen LogP contribution in [0.15, 0.2) is 0 Å². The number of carbonyl (C=O) groups is 1. The van der Waals surface area contributed by atoms with Gasteiger partial charge in [0, 0.05) is 13.1 Å². The third-order valence-electron chi connectivity index (χ3n) is 2.87. The molecule has 0 aromatic carbocycles. The molecular weight excluding hydrogens is 190 g/mol. The molecule has 0 aromatic rings. The molecule has 0 heterocycles. The molecule has 1 rings (SSSR count). The summed E-state index contributed by atoms with van der Waals surface area (Å²) in [5, 5.41) is 0.